The van der Waals surface area contributed by atoms with Gasteiger partial charge in [0.1, 0.15) is 6.42 Å². The maximum atomic E-state index is 10.8. The summed E-state index contributed by atoms with van der Waals surface area (Å²) >= 11 is 0. The lowest BCUT2D eigenvalue weighted by molar-refractivity contribution is -0.168. The average Bonchev–Trinajstić information content (AvgIpc) is 1.85. The first-order chi connectivity index (χ1) is 5.37. The molecule has 12 heavy (non-hydrogen) atoms. The number of hydrogen-bond donors (Lipinski definition) is 2. The van der Waals surface area contributed by atoms with Crippen molar-refractivity contribution in [3.63, 3.8) is 0 Å². The highest BCUT2D eigenvalue weighted by molar-refractivity contribution is 6.17. The zero-order valence-corrected chi connectivity index (χ0v) is 6.53. The molecule has 0 saturated carbocycles. The second-order valence-electron chi connectivity index (χ2n) is 2.81. The van der Waals surface area contributed by atoms with Gasteiger partial charge in [0.15, 0.2) is 5.66 Å². The van der Waals surface area contributed by atoms with Gasteiger partial charge >= 0.3 is 0 Å². The maximum Gasteiger partial charge on any atom is 0.258 e. The predicted octanol–water partition coefficient (Wildman–Crippen LogP) is -2.09. The van der Waals surface area contributed by atoms with E-state index in [-0.39, 0.29) is 6.42 Å². The van der Waals surface area contributed by atoms with Crippen molar-refractivity contribution >= 4 is 17.7 Å². The topological polar surface area (TPSA) is 106 Å². The van der Waals surface area contributed by atoms with Gasteiger partial charge in [0, 0.05) is 0 Å². The first-order valence-corrected chi connectivity index (χ1v) is 3.32. The quantitative estimate of drug-likeness (QED) is 0.366. The van der Waals surface area contributed by atoms with E-state index in [2.05, 4.69) is 0 Å². The van der Waals surface area contributed by atoms with Gasteiger partial charge in [-0.3, -0.25) is 19.3 Å². The van der Waals surface area contributed by atoms with Crippen molar-refractivity contribution in [1.29, 1.82) is 0 Å². The molecule has 1 fully saturated rings. The number of rotatable bonds is 2. The van der Waals surface area contributed by atoms with Crippen molar-refractivity contribution in [2.45, 2.75) is 19.0 Å². The Labute approximate surface area is 68.5 Å². The number of nitrogens with zero attached hydrogens (tertiary/aromatic N) is 1. The van der Waals surface area contributed by atoms with Gasteiger partial charge in [-0.05, 0) is 6.92 Å². The molecule has 6 nitrogen and oxygen atoms in total. The maximum absolute atomic E-state index is 10.8. The SMILES string of the molecule is C[C@](N)(C(N)=O)N1C(=O)CC1=O. The van der Waals surface area contributed by atoms with Crippen LogP contribution in [-0.4, -0.2) is 28.3 Å². The molecule has 0 aromatic carbocycles. The molecule has 6 heteroatoms. The number of β-lactam (4-membered cyclic amide) rings is 2. The van der Waals surface area contributed by atoms with Gasteiger partial charge in [0.25, 0.3) is 5.91 Å². The number of amides is 3. The Morgan fingerprint density at radius 2 is 1.92 bits per heavy atom. The molecule has 1 atom stereocenters. The van der Waals surface area contributed by atoms with Crippen LogP contribution < -0.4 is 11.5 Å². The highest BCUT2D eigenvalue weighted by Gasteiger charge is 2.48. The zero-order valence-electron chi connectivity index (χ0n) is 6.53. The van der Waals surface area contributed by atoms with Crippen LogP contribution in [-0.2, 0) is 14.4 Å². The molecule has 1 saturated heterocycles. The second-order valence-corrected chi connectivity index (χ2v) is 2.81. The molecule has 1 heterocycles. The largest absolute Gasteiger partial charge is 0.366 e. The molecule has 3 amide bonds. The molecule has 0 radical (unpaired) electrons. The highest BCUT2D eigenvalue weighted by Crippen LogP contribution is 2.19. The zero-order chi connectivity index (χ0) is 9.52. The minimum absolute atomic E-state index is 0.194. The number of hydrogen-bond acceptors (Lipinski definition) is 4. The van der Waals surface area contributed by atoms with E-state index < -0.39 is 23.4 Å². The number of nitrogens with two attached hydrogens (primary N) is 2. The fourth-order valence-corrected chi connectivity index (χ4v) is 0.964. The monoisotopic (exact) mass is 171 g/mol. The van der Waals surface area contributed by atoms with Gasteiger partial charge in [-0.1, -0.05) is 0 Å². The number of imide groups is 1. The van der Waals surface area contributed by atoms with Crippen molar-refractivity contribution in [2.75, 3.05) is 0 Å². The van der Waals surface area contributed by atoms with Crippen molar-refractivity contribution < 1.29 is 14.4 Å². The van der Waals surface area contributed by atoms with E-state index in [0.717, 1.165) is 0 Å². The lowest BCUT2D eigenvalue weighted by Crippen LogP contribution is -2.70. The molecule has 66 valence electrons. The third-order valence-electron chi connectivity index (χ3n) is 1.76. The van der Waals surface area contributed by atoms with Crippen LogP contribution >= 0.6 is 0 Å². The Morgan fingerprint density at radius 1 is 1.50 bits per heavy atom. The summed E-state index contributed by atoms with van der Waals surface area (Å²) < 4.78 is 0. The van der Waals surface area contributed by atoms with Crippen LogP contribution in [0, 0.1) is 0 Å². The summed E-state index contributed by atoms with van der Waals surface area (Å²) in [6.07, 6.45) is -0.194. The lowest BCUT2D eigenvalue weighted by atomic mass is 10.0. The Morgan fingerprint density at radius 3 is 2.08 bits per heavy atom. The molecule has 0 aromatic rings. The molecular formula is C6H9N3O3. The lowest BCUT2D eigenvalue weighted by Gasteiger charge is -2.39. The van der Waals surface area contributed by atoms with E-state index in [0.29, 0.717) is 4.90 Å². The number of likely N-dealkylation sites (tertiary alicyclic amines) is 1. The fourth-order valence-electron chi connectivity index (χ4n) is 0.964. The number of carbonyl (C=O) groups is 3. The minimum atomic E-state index is -1.69. The first kappa shape index (κ1) is 8.66. The van der Waals surface area contributed by atoms with Gasteiger partial charge < -0.3 is 11.5 Å². The average molecular weight is 171 g/mol. The van der Waals surface area contributed by atoms with E-state index in [1.807, 2.05) is 0 Å². The molecule has 1 aliphatic heterocycles. The fraction of sp³-hybridized carbons (Fsp3) is 0.500. The van der Waals surface area contributed by atoms with Gasteiger partial charge in [0.05, 0.1) is 0 Å². The molecule has 1 aliphatic rings. The first-order valence-electron chi connectivity index (χ1n) is 3.32. The number of carbonyl (C=O) groups excluding carboxylic acids is 3. The third kappa shape index (κ3) is 0.964. The van der Waals surface area contributed by atoms with E-state index in [1.165, 1.54) is 6.92 Å². The van der Waals surface area contributed by atoms with Crippen LogP contribution in [0.3, 0.4) is 0 Å². The van der Waals surface area contributed by atoms with E-state index in [9.17, 15) is 14.4 Å². The van der Waals surface area contributed by atoms with Crippen molar-refractivity contribution in [3.8, 4) is 0 Å². The molecule has 1 rings (SSSR count). The molecule has 0 aromatic heterocycles. The Bertz CT molecular complexity index is 257. The Balaban J connectivity index is 2.88. The summed E-state index contributed by atoms with van der Waals surface area (Å²) in [4.78, 5) is 33.0. The van der Waals surface area contributed by atoms with E-state index in [4.69, 9.17) is 11.5 Å². The summed E-state index contributed by atoms with van der Waals surface area (Å²) in [5.41, 5.74) is 8.56. The molecule has 0 aliphatic carbocycles. The van der Waals surface area contributed by atoms with Gasteiger partial charge in [-0.25, -0.2) is 0 Å². The third-order valence-corrected chi connectivity index (χ3v) is 1.76. The summed E-state index contributed by atoms with van der Waals surface area (Å²) in [6.45, 7) is 1.23. The minimum Gasteiger partial charge on any atom is -0.366 e. The molecule has 0 spiro atoms. The summed E-state index contributed by atoms with van der Waals surface area (Å²) in [5, 5.41) is 0. The van der Waals surface area contributed by atoms with Crippen LogP contribution in [0.15, 0.2) is 0 Å². The normalized spacial score (nSPS) is 21.7. The second kappa shape index (κ2) is 2.28. The van der Waals surface area contributed by atoms with Gasteiger partial charge in [-0.15, -0.1) is 0 Å². The molecular weight excluding hydrogens is 162 g/mol. The smallest absolute Gasteiger partial charge is 0.258 e. The summed E-state index contributed by atoms with van der Waals surface area (Å²) in [5.74, 6) is -1.84. The van der Waals surface area contributed by atoms with Gasteiger partial charge in [0.2, 0.25) is 11.8 Å². The standard InChI is InChI=1S/C6H9N3O3/c1-6(8,5(7)12)9-3(10)2-4(9)11/h2,8H2,1H3,(H2,7,12)/t6-/m1/s1. The van der Waals surface area contributed by atoms with Crippen LogP contribution in [0.4, 0.5) is 0 Å². The van der Waals surface area contributed by atoms with Crippen molar-refractivity contribution in [3.05, 3.63) is 0 Å². The predicted molar refractivity (Wildman–Crippen MR) is 38.3 cm³/mol. The summed E-state index contributed by atoms with van der Waals surface area (Å²) in [6, 6.07) is 0. The molecule has 0 unspecified atom stereocenters. The van der Waals surface area contributed by atoms with E-state index >= 15 is 0 Å². The Hall–Kier alpha value is -1.43. The molecule has 0 bridgehead atoms. The van der Waals surface area contributed by atoms with Crippen LogP contribution in [0.25, 0.3) is 0 Å². The Kier molecular flexibility index (Phi) is 1.64. The van der Waals surface area contributed by atoms with Crippen molar-refractivity contribution in [2.24, 2.45) is 11.5 Å². The van der Waals surface area contributed by atoms with Crippen LogP contribution in [0.2, 0.25) is 0 Å². The highest BCUT2D eigenvalue weighted by atomic mass is 16.2. The van der Waals surface area contributed by atoms with Crippen LogP contribution in [0.5, 0.6) is 0 Å². The van der Waals surface area contributed by atoms with Crippen LogP contribution in [0.1, 0.15) is 13.3 Å². The number of primary amides is 1. The summed E-state index contributed by atoms with van der Waals surface area (Å²) in [7, 11) is 0. The van der Waals surface area contributed by atoms with E-state index in [1.54, 1.807) is 0 Å². The van der Waals surface area contributed by atoms with Crippen molar-refractivity contribution in [1.82, 2.24) is 4.90 Å². The van der Waals surface area contributed by atoms with Gasteiger partial charge in [-0.2, -0.15) is 0 Å². The molecule has 4 N–H and O–H groups in total.